The molecule has 36 heavy (non-hydrogen) atoms. The molecule has 3 heterocycles. The van der Waals surface area contributed by atoms with Gasteiger partial charge in [-0.1, -0.05) is 6.07 Å². The monoisotopic (exact) mass is 487 g/mol. The Hall–Kier alpha value is -3.72. The van der Waals surface area contributed by atoms with Gasteiger partial charge in [-0.25, -0.2) is 4.39 Å². The van der Waals surface area contributed by atoms with Gasteiger partial charge in [-0.2, -0.15) is 5.26 Å². The van der Waals surface area contributed by atoms with Crippen LogP contribution in [0.1, 0.15) is 43.6 Å². The van der Waals surface area contributed by atoms with E-state index in [1.165, 1.54) is 6.20 Å². The number of nitrogens with one attached hydrogen (secondary N) is 2. The fraction of sp³-hybridized carbons (Fsp3) is 0.393. The Balaban J connectivity index is 1.47. The molecule has 4 rings (SSSR count). The van der Waals surface area contributed by atoms with E-state index in [1.54, 1.807) is 30.5 Å². The third-order valence-corrected chi connectivity index (χ3v) is 6.34. The van der Waals surface area contributed by atoms with Crippen molar-refractivity contribution in [3.8, 4) is 17.9 Å². The molecule has 0 spiro atoms. The molecule has 7 nitrogen and oxygen atoms in total. The Labute approximate surface area is 210 Å². The van der Waals surface area contributed by atoms with Gasteiger partial charge in [0, 0.05) is 42.6 Å². The Kier molecular flexibility index (Phi) is 8.00. The first-order valence-electron chi connectivity index (χ1n) is 12.1. The van der Waals surface area contributed by atoms with E-state index in [4.69, 9.17) is 4.74 Å². The summed E-state index contributed by atoms with van der Waals surface area (Å²) in [5.41, 5.74) is 2.99. The summed E-state index contributed by atoms with van der Waals surface area (Å²) < 4.78 is 20.5. The Bertz CT molecular complexity index is 1320. The van der Waals surface area contributed by atoms with Gasteiger partial charge in [-0.3, -0.25) is 9.78 Å². The Morgan fingerprint density at radius 2 is 2.06 bits per heavy atom. The van der Waals surface area contributed by atoms with E-state index in [9.17, 15) is 14.4 Å². The molecule has 0 radical (unpaired) electrons. The van der Waals surface area contributed by atoms with Crippen molar-refractivity contribution in [1.82, 2.24) is 14.9 Å². The molecule has 1 aromatic carbocycles. The summed E-state index contributed by atoms with van der Waals surface area (Å²) >= 11 is 0. The van der Waals surface area contributed by atoms with Crippen LogP contribution in [0.15, 0.2) is 42.6 Å². The number of aromatic nitrogens is 2. The van der Waals surface area contributed by atoms with E-state index in [0.717, 1.165) is 49.1 Å². The topological polar surface area (TPSA) is 92.0 Å². The van der Waals surface area contributed by atoms with E-state index in [-0.39, 0.29) is 6.54 Å². The number of nitrogens with zero attached hydrogens (tertiary/aromatic N) is 3. The van der Waals surface area contributed by atoms with Crippen molar-refractivity contribution in [2.24, 2.45) is 0 Å². The normalized spacial score (nSPS) is 14.2. The lowest BCUT2D eigenvalue weighted by atomic mass is 9.91. The molecule has 0 saturated carbocycles. The predicted molar refractivity (Wildman–Crippen MR) is 137 cm³/mol. The third-order valence-electron chi connectivity index (χ3n) is 6.34. The highest BCUT2D eigenvalue weighted by Crippen LogP contribution is 2.23. The van der Waals surface area contributed by atoms with Gasteiger partial charge in [0.25, 0.3) is 0 Å². The summed E-state index contributed by atoms with van der Waals surface area (Å²) in [4.78, 5) is 16.7. The van der Waals surface area contributed by atoms with Crippen LogP contribution in [0.2, 0.25) is 0 Å². The fourth-order valence-electron chi connectivity index (χ4n) is 4.20. The SMILES string of the molecule is CC(C)(C#N)c1ccc(NC(=O)C#Cc2cc3cc(CNC4CCOCC4)ccc3n2CCF)cn1. The van der Waals surface area contributed by atoms with Crippen molar-refractivity contribution in [1.29, 1.82) is 5.26 Å². The summed E-state index contributed by atoms with van der Waals surface area (Å²) in [6.07, 6.45) is 3.52. The van der Waals surface area contributed by atoms with Crippen molar-refractivity contribution < 1.29 is 13.9 Å². The average molecular weight is 488 g/mol. The lowest BCUT2D eigenvalue weighted by Gasteiger charge is -2.23. The number of fused-ring (bicyclic) bond motifs is 1. The minimum absolute atomic E-state index is 0.162. The fourth-order valence-corrected chi connectivity index (χ4v) is 4.20. The lowest BCUT2D eigenvalue weighted by Crippen LogP contribution is -2.34. The number of alkyl halides is 1. The Morgan fingerprint density at radius 3 is 2.75 bits per heavy atom. The van der Waals surface area contributed by atoms with Crippen molar-refractivity contribution in [3.05, 3.63) is 59.5 Å². The summed E-state index contributed by atoms with van der Waals surface area (Å²) in [6.45, 7) is 5.52. The Morgan fingerprint density at radius 1 is 1.25 bits per heavy atom. The molecule has 0 aliphatic carbocycles. The van der Waals surface area contributed by atoms with E-state index in [0.29, 0.717) is 23.1 Å². The molecule has 8 heteroatoms. The molecular weight excluding hydrogens is 457 g/mol. The van der Waals surface area contributed by atoms with E-state index < -0.39 is 18.0 Å². The summed E-state index contributed by atoms with van der Waals surface area (Å²) in [5, 5.41) is 16.5. The van der Waals surface area contributed by atoms with Crippen LogP contribution in [0.25, 0.3) is 10.9 Å². The highest BCUT2D eigenvalue weighted by atomic mass is 19.1. The van der Waals surface area contributed by atoms with Crippen LogP contribution in [-0.4, -0.2) is 41.4 Å². The highest BCUT2D eigenvalue weighted by molar-refractivity contribution is 6.04. The maximum Gasteiger partial charge on any atom is 0.300 e. The van der Waals surface area contributed by atoms with Crippen LogP contribution in [0.3, 0.4) is 0 Å². The zero-order valence-electron chi connectivity index (χ0n) is 20.6. The number of pyridine rings is 1. The second-order valence-electron chi connectivity index (χ2n) is 9.40. The first-order chi connectivity index (χ1) is 17.4. The molecule has 1 aliphatic heterocycles. The van der Waals surface area contributed by atoms with E-state index >= 15 is 0 Å². The van der Waals surface area contributed by atoms with Gasteiger partial charge in [-0.15, -0.1) is 0 Å². The zero-order chi connectivity index (χ0) is 25.5. The number of amides is 1. The summed E-state index contributed by atoms with van der Waals surface area (Å²) in [6, 6.07) is 14.0. The molecule has 1 saturated heterocycles. The second-order valence-corrected chi connectivity index (χ2v) is 9.40. The van der Waals surface area contributed by atoms with Crippen LogP contribution in [0, 0.1) is 23.2 Å². The van der Waals surface area contributed by atoms with E-state index in [1.807, 2.05) is 18.2 Å². The average Bonchev–Trinajstić information content (AvgIpc) is 3.24. The highest BCUT2D eigenvalue weighted by Gasteiger charge is 2.21. The largest absolute Gasteiger partial charge is 0.381 e. The molecule has 1 fully saturated rings. The smallest absolute Gasteiger partial charge is 0.300 e. The first-order valence-corrected chi connectivity index (χ1v) is 12.1. The van der Waals surface area contributed by atoms with Crippen LogP contribution in [0.4, 0.5) is 10.1 Å². The molecule has 3 aromatic rings. The van der Waals surface area contributed by atoms with Gasteiger partial charge in [0.1, 0.15) is 6.67 Å². The van der Waals surface area contributed by atoms with Gasteiger partial charge in [0.05, 0.1) is 41.3 Å². The van der Waals surface area contributed by atoms with Crippen LogP contribution in [0.5, 0.6) is 0 Å². The van der Waals surface area contributed by atoms with Gasteiger partial charge >= 0.3 is 5.91 Å². The van der Waals surface area contributed by atoms with Crippen molar-refractivity contribution >= 4 is 22.5 Å². The number of carbonyl (C=O) groups is 1. The number of rotatable bonds is 7. The standard InChI is InChI=1S/C28H30FN5O2/c1-28(2,19-30)26-7-4-23(18-32-26)33-27(35)8-5-24-16-21-15-20(3-6-25(21)34(24)12-11-29)17-31-22-9-13-36-14-10-22/h3-4,6-7,15-16,18,22,31H,9-14,17H2,1-2H3,(H,33,35). The van der Waals surface area contributed by atoms with Gasteiger partial charge in [0.2, 0.25) is 0 Å². The third kappa shape index (κ3) is 6.09. The first kappa shape index (κ1) is 25.4. The summed E-state index contributed by atoms with van der Waals surface area (Å²) in [7, 11) is 0. The number of anilines is 1. The molecule has 2 aromatic heterocycles. The zero-order valence-corrected chi connectivity index (χ0v) is 20.6. The van der Waals surface area contributed by atoms with Crippen LogP contribution in [-0.2, 0) is 28.0 Å². The number of halogens is 1. The number of benzene rings is 1. The second kappa shape index (κ2) is 11.3. The van der Waals surface area contributed by atoms with Gasteiger partial charge in [0.15, 0.2) is 0 Å². The molecule has 2 N–H and O–H groups in total. The summed E-state index contributed by atoms with van der Waals surface area (Å²) in [5.74, 6) is 5.00. The number of nitriles is 1. The van der Waals surface area contributed by atoms with Gasteiger partial charge in [-0.05, 0) is 68.5 Å². The van der Waals surface area contributed by atoms with Gasteiger partial charge < -0.3 is 19.9 Å². The predicted octanol–water partition coefficient (Wildman–Crippen LogP) is 4.07. The van der Waals surface area contributed by atoms with Crippen molar-refractivity contribution in [3.63, 3.8) is 0 Å². The molecular formula is C28H30FN5O2. The minimum Gasteiger partial charge on any atom is -0.381 e. The minimum atomic E-state index is -0.715. The molecule has 0 unspecified atom stereocenters. The number of hydrogen-bond acceptors (Lipinski definition) is 5. The molecule has 0 atom stereocenters. The molecule has 1 aliphatic rings. The van der Waals surface area contributed by atoms with Crippen molar-refractivity contribution in [2.45, 2.75) is 51.2 Å². The number of carbonyl (C=O) groups excluding carboxylic acids is 1. The number of hydrogen-bond donors (Lipinski definition) is 2. The quantitative estimate of drug-likeness (QED) is 0.491. The lowest BCUT2D eigenvalue weighted by molar-refractivity contribution is -0.111. The molecule has 1 amide bonds. The maximum atomic E-state index is 13.3. The number of aryl methyl sites for hydroxylation is 1. The number of ether oxygens (including phenoxy) is 1. The molecule has 186 valence electrons. The van der Waals surface area contributed by atoms with Crippen LogP contribution >= 0.6 is 0 Å². The van der Waals surface area contributed by atoms with Crippen LogP contribution < -0.4 is 10.6 Å². The molecule has 0 bridgehead atoms. The maximum absolute atomic E-state index is 13.3. The van der Waals surface area contributed by atoms with Crippen molar-refractivity contribution in [2.75, 3.05) is 25.2 Å². The van der Waals surface area contributed by atoms with E-state index in [2.05, 4.69) is 39.6 Å².